The minimum absolute atomic E-state index is 0.158. The van der Waals surface area contributed by atoms with Crippen LogP contribution in [0.2, 0.25) is 0 Å². The number of nitrogens with one attached hydrogen (secondary N) is 1. The van der Waals surface area contributed by atoms with Crippen molar-refractivity contribution in [2.75, 3.05) is 13.7 Å². The van der Waals surface area contributed by atoms with Crippen LogP contribution in [0.3, 0.4) is 0 Å². The normalized spacial score (nSPS) is 10.5. The third-order valence-electron chi connectivity index (χ3n) is 4.01. The number of para-hydroxylation sites is 2. The van der Waals surface area contributed by atoms with Gasteiger partial charge in [0, 0.05) is 18.9 Å². The molecule has 0 spiro atoms. The lowest BCUT2D eigenvalue weighted by molar-refractivity contribution is -0.123. The third-order valence-corrected chi connectivity index (χ3v) is 4.01. The van der Waals surface area contributed by atoms with E-state index in [1.54, 1.807) is 54.2 Å². The largest absolute Gasteiger partial charge is 0.493 e. The number of methoxy groups -OCH3 is 1. The van der Waals surface area contributed by atoms with Crippen LogP contribution in [-0.2, 0) is 11.3 Å². The number of hydrogen-bond acceptors (Lipinski definition) is 4. The molecule has 0 radical (unpaired) electrons. The van der Waals surface area contributed by atoms with E-state index in [0.717, 1.165) is 0 Å². The van der Waals surface area contributed by atoms with Gasteiger partial charge in [-0.15, -0.1) is 0 Å². The molecule has 1 aromatic heterocycles. The first-order valence-electron chi connectivity index (χ1n) is 8.39. The number of aromatic nitrogens is 2. The van der Waals surface area contributed by atoms with Crippen molar-refractivity contribution in [1.29, 1.82) is 0 Å². The van der Waals surface area contributed by atoms with Gasteiger partial charge in [-0.1, -0.05) is 18.2 Å². The zero-order chi connectivity index (χ0) is 19.2. The molecule has 140 valence electrons. The fourth-order valence-electron chi connectivity index (χ4n) is 2.62. The monoisotopic (exact) mass is 369 g/mol. The van der Waals surface area contributed by atoms with Gasteiger partial charge in [-0.05, 0) is 36.8 Å². The SMILES string of the molecule is COc1ccccc1OCC(=O)NCc1ccc(-n2ccnc2C)c(F)c1. The van der Waals surface area contributed by atoms with Crippen LogP contribution in [0.1, 0.15) is 11.4 Å². The smallest absolute Gasteiger partial charge is 0.258 e. The topological polar surface area (TPSA) is 65.4 Å². The highest BCUT2D eigenvalue weighted by atomic mass is 19.1. The molecule has 3 rings (SSSR count). The molecule has 0 aliphatic rings. The molecular formula is C20H20FN3O3. The average Bonchev–Trinajstić information content (AvgIpc) is 3.10. The van der Waals surface area contributed by atoms with Crippen molar-refractivity contribution in [3.05, 3.63) is 72.1 Å². The Bertz CT molecular complexity index is 940. The first kappa shape index (κ1) is 18.4. The summed E-state index contributed by atoms with van der Waals surface area (Å²) in [6, 6.07) is 11.9. The molecule has 27 heavy (non-hydrogen) atoms. The Kier molecular flexibility index (Phi) is 5.71. The van der Waals surface area contributed by atoms with E-state index in [4.69, 9.17) is 9.47 Å². The predicted octanol–water partition coefficient (Wildman–Crippen LogP) is 3.02. The minimum Gasteiger partial charge on any atom is -0.493 e. The summed E-state index contributed by atoms with van der Waals surface area (Å²) in [5.74, 6) is 1.05. The van der Waals surface area contributed by atoms with Gasteiger partial charge in [0.15, 0.2) is 18.1 Å². The Morgan fingerprint density at radius 3 is 2.67 bits per heavy atom. The molecule has 0 bridgehead atoms. The van der Waals surface area contributed by atoms with Crippen molar-refractivity contribution in [2.24, 2.45) is 0 Å². The van der Waals surface area contributed by atoms with Crippen molar-refractivity contribution in [3.63, 3.8) is 0 Å². The number of carbonyl (C=O) groups is 1. The van der Waals surface area contributed by atoms with Gasteiger partial charge in [-0.25, -0.2) is 9.37 Å². The fourth-order valence-corrected chi connectivity index (χ4v) is 2.62. The summed E-state index contributed by atoms with van der Waals surface area (Å²) in [7, 11) is 1.53. The Labute approximate surface area is 156 Å². The number of benzene rings is 2. The van der Waals surface area contributed by atoms with Crippen LogP contribution in [0, 0.1) is 12.7 Å². The van der Waals surface area contributed by atoms with Gasteiger partial charge in [-0.2, -0.15) is 0 Å². The van der Waals surface area contributed by atoms with Crippen LogP contribution in [0.15, 0.2) is 54.9 Å². The summed E-state index contributed by atoms with van der Waals surface area (Å²) in [6.07, 6.45) is 3.31. The first-order chi connectivity index (χ1) is 13.1. The molecule has 0 unspecified atom stereocenters. The molecule has 2 aromatic carbocycles. The van der Waals surface area contributed by atoms with Gasteiger partial charge in [0.2, 0.25) is 0 Å². The quantitative estimate of drug-likeness (QED) is 0.695. The highest BCUT2D eigenvalue weighted by Gasteiger charge is 2.10. The van der Waals surface area contributed by atoms with Gasteiger partial charge in [0.25, 0.3) is 5.91 Å². The second-order valence-electron chi connectivity index (χ2n) is 5.85. The van der Waals surface area contributed by atoms with Crippen molar-refractivity contribution in [3.8, 4) is 17.2 Å². The zero-order valence-corrected chi connectivity index (χ0v) is 15.1. The number of amides is 1. The molecule has 6 nitrogen and oxygen atoms in total. The molecule has 1 N–H and O–H groups in total. The van der Waals surface area contributed by atoms with Gasteiger partial charge >= 0.3 is 0 Å². The lowest BCUT2D eigenvalue weighted by Crippen LogP contribution is -2.28. The van der Waals surface area contributed by atoms with Crippen LogP contribution < -0.4 is 14.8 Å². The number of nitrogens with zero attached hydrogens (tertiary/aromatic N) is 2. The van der Waals surface area contributed by atoms with E-state index in [1.165, 1.54) is 13.2 Å². The minimum atomic E-state index is -0.381. The van der Waals surface area contributed by atoms with E-state index in [1.807, 2.05) is 6.07 Å². The molecule has 0 saturated heterocycles. The van der Waals surface area contributed by atoms with Crippen molar-refractivity contribution in [2.45, 2.75) is 13.5 Å². The second kappa shape index (κ2) is 8.35. The van der Waals surface area contributed by atoms with Crippen molar-refractivity contribution in [1.82, 2.24) is 14.9 Å². The molecule has 3 aromatic rings. The maximum Gasteiger partial charge on any atom is 0.258 e. The predicted molar refractivity (Wildman–Crippen MR) is 98.6 cm³/mol. The summed E-state index contributed by atoms with van der Waals surface area (Å²) in [4.78, 5) is 16.1. The number of imidazole rings is 1. The molecule has 1 amide bonds. The van der Waals surface area contributed by atoms with Gasteiger partial charge in [-0.3, -0.25) is 4.79 Å². The van der Waals surface area contributed by atoms with E-state index in [9.17, 15) is 9.18 Å². The third kappa shape index (κ3) is 4.44. The van der Waals surface area contributed by atoms with E-state index < -0.39 is 0 Å². The van der Waals surface area contributed by atoms with E-state index >= 15 is 0 Å². The Morgan fingerprint density at radius 1 is 1.22 bits per heavy atom. The molecular weight excluding hydrogens is 349 g/mol. The van der Waals surface area contributed by atoms with Crippen LogP contribution in [0.5, 0.6) is 11.5 Å². The fraction of sp³-hybridized carbons (Fsp3) is 0.200. The van der Waals surface area contributed by atoms with Gasteiger partial charge < -0.3 is 19.4 Å². The molecule has 0 atom stereocenters. The van der Waals surface area contributed by atoms with Crippen LogP contribution >= 0.6 is 0 Å². The molecule has 1 heterocycles. The molecule has 0 fully saturated rings. The second-order valence-corrected chi connectivity index (χ2v) is 5.85. The van der Waals surface area contributed by atoms with Gasteiger partial charge in [0.1, 0.15) is 11.6 Å². The lowest BCUT2D eigenvalue weighted by atomic mass is 10.2. The van der Waals surface area contributed by atoms with Gasteiger partial charge in [0.05, 0.1) is 12.8 Å². The van der Waals surface area contributed by atoms with E-state index in [2.05, 4.69) is 10.3 Å². The van der Waals surface area contributed by atoms with Crippen LogP contribution in [-0.4, -0.2) is 29.2 Å². The molecule has 0 saturated carbocycles. The van der Waals surface area contributed by atoms with Crippen LogP contribution in [0.25, 0.3) is 5.69 Å². The molecule has 7 heteroatoms. The Morgan fingerprint density at radius 2 is 2.00 bits per heavy atom. The van der Waals surface area contributed by atoms with Crippen molar-refractivity contribution < 1.29 is 18.7 Å². The molecule has 0 aliphatic heterocycles. The number of aryl methyl sites for hydroxylation is 1. The summed E-state index contributed by atoms with van der Waals surface area (Å²) in [6.45, 7) is 1.85. The van der Waals surface area contributed by atoms with Crippen molar-refractivity contribution >= 4 is 5.91 Å². The number of rotatable bonds is 7. The first-order valence-corrected chi connectivity index (χ1v) is 8.39. The maximum atomic E-state index is 14.4. The average molecular weight is 369 g/mol. The number of hydrogen-bond donors (Lipinski definition) is 1. The highest BCUT2D eigenvalue weighted by Crippen LogP contribution is 2.25. The maximum absolute atomic E-state index is 14.4. The lowest BCUT2D eigenvalue weighted by Gasteiger charge is -2.11. The van der Waals surface area contributed by atoms with E-state index in [0.29, 0.717) is 28.6 Å². The molecule has 0 aliphatic carbocycles. The van der Waals surface area contributed by atoms with E-state index in [-0.39, 0.29) is 24.9 Å². The van der Waals surface area contributed by atoms with Crippen LogP contribution in [0.4, 0.5) is 4.39 Å². The Balaban J connectivity index is 1.56. The number of carbonyl (C=O) groups excluding carboxylic acids is 1. The standard InChI is InChI=1S/C20H20FN3O3/c1-14-22-9-10-24(14)17-8-7-15(11-16(17)21)12-23-20(25)13-27-19-6-4-3-5-18(19)26-2/h3-11H,12-13H2,1-2H3,(H,23,25). The highest BCUT2D eigenvalue weighted by molar-refractivity contribution is 5.77. The summed E-state index contributed by atoms with van der Waals surface area (Å²) >= 11 is 0. The summed E-state index contributed by atoms with van der Waals surface area (Å²) < 4.78 is 26.7. The number of halogens is 1. The zero-order valence-electron chi connectivity index (χ0n) is 15.1. The summed E-state index contributed by atoms with van der Waals surface area (Å²) in [5.41, 5.74) is 1.07. The number of ether oxygens (including phenoxy) is 2. The Hall–Kier alpha value is -3.35. The summed E-state index contributed by atoms with van der Waals surface area (Å²) in [5, 5.41) is 2.71.